The molecule has 0 N–H and O–H groups in total. The molecule has 0 aromatic heterocycles. The molecule has 0 saturated carbocycles. The third-order valence-corrected chi connectivity index (χ3v) is 5.28. The lowest BCUT2D eigenvalue weighted by atomic mass is 9.86. The highest BCUT2D eigenvalue weighted by Crippen LogP contribution is 2.47. The Morgan fingerprint density at radius 2 is 1.83 bits per heavy atom. The van der Waals surface area contributed by atoms with E-state index in [0.717, 1.165) is 22.6 Å². The molecule has 0 fully saturated rings. The summed E-state index contributed by atoms with van der Waals surface area (Å²) in [7, 11) is 3.98. The van der Waals surface area contributed by atoms with Crippen LogP contribution in [0.25, 0.3) is 0 Å². The first-order valence-electron chi connectivity index (χ1n) is 7.30. The zero-order valence-electron chi connectivity index (χ0n) is 13.1. The number of Topliss-reactive ketones (excluding diaryl/α,β-unsaturated/α-hetero) is 1. The van der Waals surface area contributed by atoms with E-state index >= 15 is 0 Å². The number of hydrogen-bond donors (Lipinski definition) is 0. The Hall–Kier alpha value is -0.810. The lowest BCUT2D eigenvalue weighted by Gasteiger charge is -2.27. The van der Waals surface area contributed by atoms with E-state index in [1.165, 1.54) is 4.90 Å². The number of hydrogen-bond acceptors (Lipinski definition) is 3. The molecule has 1 heterocycles. The molecule has 2 aromatic carbocycles. The standard InChI is InChI=1S/C18H18ClNOS.BrH/c1-20(2)10-9-15(21)18-13-5-3-4-6-16(13)22-17-8-7-12(19)11-14(17)18;/h3-8,11,18H,9-10H2,1-2H3;1H. The molecule has 0 bridgehead atoms. The number of fused-ring (bicyclic) bond motifs is 2. The van der Waals surface area contributed by atoms with Crippen LogP contribution in [0.4, 0.5) is 0 Å². The van der Waals surface area contributed by atoms with Crippen LogP contribution in [0.2, 0.25) is 5.02 Å². The first-order chi connectivity index (χ1) is 10.6. The lowest BCUT2D eigenvalue weighted by Crippen LogP contribution is -2.23. The molecule has 1 atom stereocenters. The Balaban J connectivity index is 0.00000192. The Kier molecular flexibility index (Phi) is 6.32. The van der Waals surface area contributed by atoms with Crippen LogP contribution in [-0.4, -0.2) is 31.3 Å². The molecule has 23 heavy (non-hydrogen) atoms. The molecule has 0 radical (unpaired) electrons. The summed E-state index contributed by atoms with van der Waals surface area (Å²) in [6, 6.07) is 14.0. The van der Waals surface area contributed by atoms with E-state index in [4.69, 9.17) is 11.6 Å². The largest absolute Gasteiger partial charge is 0.309 e. The highest BCUT2D eigenvalue weighted by Gasteiger charge is 2.31. The second-order valence-corrected chi connectivity index (χ2v) is 7.29. The van der Waals surface area contributed by atoms with Crippen molar-refractivity contribution < 1.29 is 4.79 Å². The summed E-state index contributed by atoms with van der Waals surface area (Å²) in [5.41, 5.74) is 2.14. The van der Waals surface area contributed by atoms with Gasteiger partial charge in [0.15, 0.2) is 0 Å². The van der Waals surface area contributed by atoms with Crippen LogP contribution in [0.3, 0.4) is 0 Å². The second-order valence-electron chi connectivity index (χ2n) is 5.77. The molecule has 0 amide bonds. The van der Waals surface area contributed by atoms with Crippen LogP contribution in [-0.2, 0) is 4.79 Å². The molecule has 122 valence electrons. The maximum absolute atomic E-state index is 12.9. The van der Waals surface area contributed by atoms with Crippen LogP contribution < -0.4 is 0 Å². The van der Waals surface area contributed by atoms with E-state index in [1.54, 1.807) is 11.8 Å². The third kappa shape index (κ3) is 4.00. The van der Waals surface area contributed by atoms with Gasteiger partial charge in [-0.05, 0) is 49.5 Å². The van der Waals surface area contributed by atoms with Gasteiger partial charge in [-0.1, -0.05) is 41.6 Å². The van der Waals surface area contributed by atoms with Crippen LogP contribution in [0.5, 0.6) is 0 Å². The monoisotopic (exact) mass is 411 g/mol. The van der Waals surface area contributed by atoms with Crippen LogP contribution in [0, 0.1) is 0 Å². The molecule has 0 saturated heterocycles. The van der Waals surface area contributed by atoms with E-state index in [1.807, 2.05) is 49.3 Å². The molecule has 1 aliphatic heterocycles. The fourth-order valence-corrected chi connectivity index (χ4v) is 4.06. The SMILES string of the molecule is Br.CN(C)CCC(=O)C1c2ccccc2Sc2ccc(Cl)cc21. The molecule has 1 unspecified atom stereocenters. The minimum Gasteiger partial charge on any atom is -0.309 e. The van der Waals surface area contributed by atoms with Crippen molar-refractivity contribution >= 4 is 46.1 Å². The van der Waals surface area contributed by atoms with Crippen LogP contribution in [0.15, 0.2) is 52.3 Å². The Bertz CT molecular complexity index is 720. The molecule has 0 aliphatic carbocycles. The van der Waals surface area contributed by atoms with E-state index in [-0.39, 0.29) is 28.7 Å². The minimum atomic E-state index is -0.203. The zero-order chi connectivity index (χ0) is 15.7. The van der Waals surface area contributed by atoms with Crippen molar-refractivity contribution in [3.8, 4) is 0 Å². The summed E-state index contributed by atoms with van der Waals surface area (Å²) < 4.78 is 0. The van der Waals surface area contributed by atoms with E-state index in [2.05, 4.69) is 12.1 Å². The van der Waals surface area contributed by atoms with Gasteiger partial charge in [-0.3, -0.25) is 4.79 Å². The average Bonchev–Trinajstić information content (AvgIpc) is 2.50. The molecule has 3 rings (SSSR count). The van der Waals surface area contributed by atoms with Crippen LogP contribution >= 0.6 is 40.3 Å². The Morgan fingerprint density at radius 1 is 1.13 bits per heavy atom. The van der Waals surface area contributed by atoms with Crippen molar-refractivity contribution in [2.75, 3.05) is 20.6 Å². The van der Waals surface area contributed by atoms with Gasteiger partial charge in [0, 0.05) is 27.8 Å². The summed E-state index contributed by atoms with van der Waals surface area (Å²) >= 11 is 7.89. The first-order valence-corrected chi connectivity index (χ1v) is 8.49. The minimum absolute atomic E-state index is 0. The molecule has 5 heteroatoms. The number of halogens is 2. The number of rotatable bonds is 4. The topological polar surface area (TPSA) is 20.3 Å². The summed E-state index contributed by atoms with van der Waals surface area (Å²) in [5.74, 6) is 0.0519. The zero-order valence-corrected chi connectivity index (χ0v) is 16.4. The lowest BCUT2D eigenvalue weighted by molar-refractivity contribution is -0.120. The highest BCUT2D eigenvalue weighted by atomic mass is 79.9. The molecule has 2 nitrogen and oxygen atoms in total. The van der Waals surface area contributed by atoms with Crippen molar-refractivity contribution in [2.45, 2.75) is 22.1 Å². The van der Waals surface area contributed by atoms with Gasteiger partial charge in [0.1, 0.15) is 5.78 Å². The summed E-state index contributed by atoms with van der Waals surface area (Å²) in [6.45, 7) is 0.764. The van der Waals surface area contributed by atoms with Gasteiger partial charge >= 0.3 is 0 Å². The van der Waals surface area contributed by atoms with Gasteiger partial charge in [0.05, 0.1) is 5.92 Å². The van der Waals surface area contributed by atoms with Gasteiger partial charge in [0.2, 0.25) is 0 Å². The average molecular weight is 413 g/mol. The van der Waals surface area contributed by atoms with Crippen molar-refractivity contribution in [2.24, 2.45) is 0 Å². The first kappa shape index (κ1) is 18.5. The van der Waals surface area contributed by atoms with E-state index in [9.17, 15) is 4.79 Å². The predicted molar refractivity (Wildman–Crippen MR) is 102 cm³/mol. The summed E-state index contributed by atoms with van der Waals surface area (Å²) in [6.07, 6.45) is 0.544. The van der Waals surface area contributed by atoms with Crippen molar-refractivity contribution in [3.63, 3.8) is 0 Å². The number of carbonyl (C=O) groups excluding carboxylic acids is 1. The molecule has 0 spiro atoms. The Morgan fingerprint density at radius 3 is 2.57 bits per heavy atom. The second kappa shape index (κ2) is 7.84. The van der Waals surface area contributed by atoms with Gasteiger partial charge in [0.25, 0.3) is 0 Å². The van der Waals surface area contributed by atoms with Gasteiger partial charge < -0.3 is 4.90 Å². The number of nitrogens with zero attached hydrogens (tertiary/aromatic N) is 1. The molecular formula is C18H19BrClNOS. The van der Waals surface area contributed by atoms with E-state index < -0.39 is 0 Å². The van der Waals surface area contributed by atoms with Gasteiger partial charge in [-0.25, -0.2) is 0 Å². The maximum atomic E-state index is 12.9. The normalized spacial score (nSPS) is 15.6. The smallest absolute Gasteiger partial charge is 0.146 e. The number of carbonyl (C=O) groups is 1. The van der Waals surface area contributed by atoms with Crippen LogP contribution in [0.1, 0.15) is 23.5 Å². The van der Waals surface area contributed by atoms with Gasteiger partial charge in [-0.15, -0.1) is 17.0 Å². The fourth-order valence-electron chi connectivity index (χ4n) is 2.76. The van der Waals surface area contributed by atoms with Crippen molar-refractivity contribution in [3.05, 3.63) is 58.6 Å². The highest BCUT2D eigenvalue weighted by molar-refractivity contribution is 8.93. The summed E-state index contributed by atoms with van der Waals surface area (Å²) in [4.78, 5) is 17.2. The quantitative estimate of drug-likeness (QED) is 0.702. The number of benzene rings is 2. The molecule has 1 aliphatic rings. The third-order valence-electron chi connectivity index (χ3n) is 3.86. The molecule has 2 aromatic rings. The predicted octanol–water partition coefficient (Wildman–Crippen LogP) is 5.04. The fraction of sp³-hybridized carbons (Fsp3) is 0.278. The maximum Gasteiger partial charge on any atom is 0.146 e. The van der Waals surface area contributed by atoms with Crippen molar-refractivity contribution in [1.82, 2.24) is 4.90 Å². The van der Waals surface area contributed by atoms with Crippen molar-refractivity contribution in [1.29, 1.82) is 0 Å². The van der Waals surface area contributed by atoms with Gasteiger partial charge in [-0.2, -0.15) is 0 Å². The van der Waals surface area contributed by atoms with E-state index in [0.29, 0.717) is 11.4 Å². The molecular weight excluding hydrogens is 394 g/mol. The Labute approximate surface area is 157 Å². The number of ketones is 1. The summed E-state index contributed by atoms with van der Waals surface area (Å²) in [5, 5.41) is 0.684.